The molecule has 3 aliphatic heterocycles. The van der Waals surface area contributed by atoms with Crippen molar-refractivity contribution in [1.29, 1.82) is 0 Å². The minimum atomic E-state index is -0.930. The normalized spacial score (nSPS) is 20.7. The number of aliphatic hydroxyl groups excluding tert-OH is 1. The number of esters is 1. The number of carbonyl (C=O) groups is 2. The number of nitrogens with zero attached hydrogens (tertiary/aromatic N) is 1. The Morgan fingerprint density at radius 1 is 0.982 bits per heavy atom. The topological polar surface area (TPSA) is 153 Å². The summed E-state index contributed by atoms with van der Waals surface area (Å²) in [7, 11) is 1.54. The van der Waals surface area contributed by atoms with Crippen molar-refractivity contribution in [2.45, 2.75) is 88.7 Å². The molecule has 12 heteroatoms. The molecule has 4 aromatic rings. The van der Waals surface area contributed by atoms with E-state index < -0.39 is 11.5 Å². The number of ether oxygens (including phenoxy) is 2. The average Bonchev–Trinajstić information content (AvgIpc) is 3.22. The van der Waals surface area contributed by atoms with Crippen LogP contribution in [0.1, 0.15) is 92.6 Å². The number of pyridine rings is 1. The molecule has 8 rings (SSSR count). The number of fused-ring (bicyclic) bond motifs is 4. The standard InChI is InChI=1S/C44H53ClN4O7/c1-55-38-25-35(34(45)24-30(38)26-46-27-37(51)32-11-13-36(50)41-33(32)12-14-40(53)48-41)47-39(52)10-6-8-29-7-5-9-31(23-29)44(15-3-2-4-16-44)42(54)56-28-43-17-20-49(21-18-43)22-19-43/h5,7,9,11-14,23-25,37,46,50-51H,2-4,6,8,10,15-22,26-28H2,1H3,(H,47,52)(H,48,53)/t37-/m1/s1. The number of aliphatic hydroxyl groups is 1. The summed E-state index contributed by atoms with van der Waals surface area (Å²) in [5.41, 5.74) is 3.32. The number of hydrogen-bond acceptors (Lipinski definition) is 9. The molecule has 1 atom stereocenters. The van der Waals surface area contributed by atoms with E-state index in [2.05, 4.69) is 38.7 Å². The molecule has 1 saturated carbocycles. The Kier molecular flexibility index (Phi) is 12.4. The summed E-state index contributed by atoms with van der Waals surface area (Å²) in [4.78, 5) is 44.0. The van der Waals surface area contributed by atoms with Crippen LogP contribution in [0.2, 0.25) is 5.02 Å². The van der Waals surface area contributed by atoms with Gasteiger partial charge in [-0.25, -0.2) is 0 Å². The monoisotopic (exact) mass is 784 g/mol. The van der Waals surface area contributed by atoms with Crippen LogP contribution in [0.25, 0.3) is 10.9 Å². The van der Waals surface area contributed by atoms with Crippen molar-refractivity contribution in [3.63, 3.8) is 0 Å². The van der Waals surface area contributed by atoms with E-state index in [1.807, 2.05) is 6.07 Å². The third-order valence-electron chi connectivity index (χ3n) is 12.4. The van der Waals surface area contributed by atoms with Crippen LogP contribution in [-0.4, -0.2) is 71.9 Å². The third kappa shape index (κ3) is 8.76. The lowest BCUT2D eigenvalue weighted by molar-refractivity contribution is -0.159. The number of methoxy groups -OCH3 is 1. The molecular weight excluding hydrogens is 732 g/mol. The molecule has 1 aromatic heterocycles. The molecule has 0 radical (unpaired) electrons. The van der Waals surface area contributed by atoms with E-state index in [0.29, 0.717) is 53.4 Å². The van der Waals surface area contributed by atoms with E-state index in [9.17, 15) is 24.6 Å². The quantitative estimate of drug-likeness (QED) is 0.0810. The zero-order chi connectivity index (χ0) is 39.3. The number of carbonyl (C=O) groups excluding carboxylic acids is 2. The third-order valence-corrected chi connectivity index (χ3v) is 12.7. The summed E-state index contributed by atoms with van der Waals surface area (Å²) in [5.74, 6) is 0.220. The molecule has 1 aliphatic carbocycles. The van der Waals surface area contributed by atoms with Crippen molar-refractivity contribution in [2.75, 3.05) is 45.2 Å². The van der Waals surface area contributed by atoms with Crippen LogP contribution in [0.15, 0.2) is 65.5 Å². The number of anilines is 1. The van der Waals surface area contributed by atoms with E-state index >= 15 is 0 Å². The molecule has 298 valence electrons. The highest BCUT2D eigenvalue weighted by atomic mass is 35.5. The first-order valence-corrected chi connectivity index (χ1v) is 20.3. The number of halogens is 1. The number of benzene rings is 3. The Balaban J connectivity index is 0.923. The van der Waals surface area contributed by atoms with Crippen LogP contribution in [-0.2, 0) is 32.7 Å². The highest BCUT2D eigenvalue weighted by molar-refractivity contribution is 6.33. The van der Waals surface area contributed by atoms with Crippen LogP contribution < -0.4 is 20.9 Å². The Labute approximate surface area is 332 Å². The van der Waals surface area contributed by atoms with Gasteiger partial charge in [0.15, 0.2) is 0 Å². The minimum absolute atomic E-state index is 0.0646. The SMILES string of the molecule is COc1cc(NC(=O)CCCc2cccc(C3(C(=O)OCC45CCN(CC4)CC5)CCCCC3)c2)c(Cl)cc1CNC[C@@H](O)c1ccc(O)c2[nH]c(=O)ccc12. The number of phenols is 1. The molecule has 4 aliphatic rings. The molecule has 56 heavy (non-hydrogen) atoms. The van der Waals surface area contributed by atoms with Crippen molar-refractivity contribution in [1.82, 2.24) is 15.2 Å². The molecule has 2 bridgehead atoms. The number of amides is 1. The second-order valence-electron chi connectivity index (χ2n) is 16.0. The van der Waals surface area contributed by atoms with Crippen molar-refractivity contribution in [2.24, 2.45) is 5.41 Å². The zero-order valence-corrected chi connectivity index (χ0v) is 32.9. The first-order chi connectivity index (χ1) is 27.1. The van der Waals surface area contributed by atoms with E-state index in [4.69, 9.17) is 21.1 Å². The van der Waals surface area contributed by atoms with Crippen LogP contribution >= 0.6 is 11.6 Å². The summed E-state index contributed by atoms with van der Waals surface area (Å²) in [6.45, 7) is 4.34. The van der Waals surface area contributed by atoms with Gasteiger partial charge in [0.2, 0.25) is 11.5 Å². The van der Waals surface area contributed by atoms with E-state index in [1.165, 1.54) is 12.1 Å². The van der Waals surface area contributed by atoms with Crippen LogP contribution in [0.4, 0.5) is 5.69 Å². The Bertz CT molecular complexity index is 2090. The lowest BCUT2D eigenvalue weighted by Crippen LogP contribution is -2.51. The fourth-order valence-corrected chi connectivity index (χ4v) is 9.18. The highest BCUT2D eigenvalue weighted by Crippen LogP contribution is 2.44. The minimum Gasteiger partial charge on any atom is -0.506 e. The number of H-pyrrole nitrogens is 1. The Morgan fingerprint density at radius 3 is 2.50 bits per heavy atom. The van der Waals surface area contributed by atoms with Gasteiger partial charge in [-0.1, -0.05) is 61.2 Å². The van der Waals surface area contributed by atoms with Gasteiger partial charge in [0.1, 0.15) is 11.5 Å². The molecule has 5 N–H and O–H groups in total. The van der Waals surface area contributed by atoms with E-state index in [-0.39, 0.29) is 47.1 Å². The van der Waals surface area contributed by atoms with Crippen LogP contribution in [0, 0.1) is 5.41 Å². The zero-order valence-electron chi connectivity index (χ0n) is 32.1. The van der Waals surface area contributed by atoms with Gasteiger partial charge in [-0.05, 0) is 99.5 Å². The van der Waals surface area contributed by atoms with E-state index in [1.54, 1.807) is 31.4 Å². The lowest BCUT2D eigenvalue weighted by Gasteiger charge is -2.48. The van der Waals surface area contributed by atoms with Crippen molar-refractivity contribution in [3.05, 3.63) is 98.3 Å². The van der Waals surface area contributed by atoms with Gasteiger partial charge in [0, 0.05) is 48.0 Å². The molecule has 1 amide bonds. The summed E-state index contributed by atoms with van der Waals surface area (Å²) in [5, 5.41) is 28.2. The number of aryl methyl sites for hydroxylation is 1. The average molecular weight is 785 g/mol. The number of aromatic hydroxyl groups is 1. The largest absolute Gasteiger partial charge is 0.506 e. The Morgan fingerprint density at radius 2 is 1.75 bits per heavy atom. The summed E-state index contributed by atoms with van der Waals surface area (Å²) in [6, 6.07) is 17.8. The highest BCUT2D eigenvalue weighted by Gasteiger charge is 2.45. The number of rotatable bonds is 15. The fraction of sp³-hybridized carbons (Fsp3) is 0.477. The molecule has 3 aromatic carbocycles. The van der Waals surface area contributed by atoms with Gasteiger partial charge >= 0.3 is 5.97 Å². The number of piperidine rings is 3. The smallest absolute Gasteiger partial charge is 0.316 e. The lowest BCUT2D eigenvalue weighted by atomic mass is 9.68. The summed E-state index contributed by atoms with van der Waals surface area (Å²) >= 11 is 6.64. The molecule has 3 saturated heterocycles. The van der Waals surface area contributed by atoms with Gasteiger partial charge in [-0.2, -0.15) is 0 Å². The van der Waals surface area contributed by atoms with Crippen LogP contribution in [0.5, 0.6) is 11.5 Å². The first-order valence-electron chi connectivity index (χ1n) is 20.0. The maximum atomic E-state index is 14.0. The predicted octanol–water partition coefficient (Wildman–Crippen LogP) is 6.91. The number of aromatic nitrogens is 1. The molecular formula is C44H53ClN4O7. The van der Waals surface area contributed by atoms with Crippen molar-refractivity contribution in [3.8, 4) is 11.5 Å². The first kappa shape index (κ1) is 39.8. The Hall–Kier alpha value is -4.42. The van der Waals surface area contributed by atoms with Gasteiger partial charge < -0.3 is 40.2 Å². The number of aromatic amines is 1. The predicted molar refractivity (Wildman–Crippen MR) is 217 cm³/mol. The van der Waals surface area contributed by atoms with Crippen LogP contribution in [0.3, 0.4) is 0 Å². The number of nitrogens with one attached hydrogen (secondary N) is 3. The fourth-order valence-electron chi connectivity index (χ4n) is 8.95. The van der Waals surface area contributed by atoms with Gasteiger partial charge in [0.05, 0.1) is 41.5 Å². The molecule has 0 spiro atoms. The number of hydrogen-bond donors (Lipinski definition) is 5. The summed E-state index contributed by atoms with van der Waals surface area (Å²) < 4.78 is 11.9. The van der Waals surface area contributed by atoms with Crippen molar-refractivity contribution < 1.29 is 29.3 Å². The molecule has 11 nitrogen and oxygen atoms in total. The molecule has 4 heterocycles. The van der Waals surface area contributed by atoms with Gasteiger partial charge in [0.25, 0.3) is 0 Å². The van der Waals surface area contributed by atoms with E-state index in [0.717, 1.165) is 87.7 Å². The molecule has 0 unspecified atom stereocenters. The number of phenolic OH excluding ortho intramolecular Hbond substituents is 1. The molecule has 4 fully saturated rings. The summed E-state index contributed by atoms with van der Waals surface area (Å²) in [6.07, 6.45) is 8.77. The maximum Gasteiger partial charge on any atom is 0.316 e. The maximum absolute atomic E-state index is 14.0. The van der Waals surface area contributed by atoms with Gasteiger partial charge in [-0.3, -0.25) is 14.4 Å². The van der Waals surface area contributed by atoms with Gasteiger partial charge in [-0.15, -0.1) is 0 Å². The van der Waals surface area contributed by atoms with Crippen molar-refractivity contribution >= 4 is 40.1 Å². The second-order valence-corrected chi connectivity index (χ2v) is 16.4. The second kappa shape index (κ2) is 17.4.